The van der Waals surface area contributed by atoms with Crippen LogP contribution in [0.15, 0.2) is 18.2 Å². The lowest BCUT2D eigenvalue weighted by Crippen LogP contribution is -2.41. The molecule has 8 nitrogen and oxygen atoms in total. The van der Waals surface area contributed by atoms with Crippen molar-refractivity contribution in [1.82, 2.24) is 10.2 Å². The number of hydrazine groups is 1. The Kier molecular flexibility index (Phi) is 4.71. The quantitative estimate of drug-likeness (QED) is 0.416. The highest BCUT2D eigenvalue weighted by molar-refractivity contribution is 5.81. The molecule has 4 N–H and O–H groups in total. The van der Waals surface area contributed by atoms with E-state index in [9.17, 15) is 14.9 Å². The highest BCUT2D eigenvalue weighted by Gasteiger charge is 2.30. The molecule has 21 heavy (non-hydrogen) atoms. The van der Waals surface area contributed by atoms with Crippen molar-refractivity contribution in [3.05, 3.63) is 33.9 Å². The molecular weight excluding hydrogens is 274 g/mol. The molecule has 1 aromatic rings. The number of nitrogens with two attached hydrogens (primary N) is 1. The van der Waals surface area contributed by atoms with E-state index in [4.69, 9.17) is 5.84 Å². The lowest BCUT2D eigenvalue weighted by atomic mass is 10.1. The standard InChI is InChI=1S/C13H19N5O3/c1-15-13(19)11-3-2-6-17(11)8-9-4-5-10(16-14)12(7-9)18(20)21/h4-5,7,11,16H,2-3,6,8,14H2,1H3,(H,15,19). The summed E-state index contributed by atoms with van der Waals surface area (Å²) in [4.78, 5) is 24.4. The Bertz CT molecular complexity index is 549. The fourth-order valence-corrected chi connectivity index (χ4v) is 2.66. The first kappa shape index (κ1) is 15.2. The van der Waals surface area contributed by atoms with Gasteiger partial charge in [0.15, 0.2) is 0 Å². The van der Waals surface area contributed by atoms with Gasteiger partial charge in [0.1, 0.15) is 5.69 Å². The molecule has 1 aliphatic rings. The van der Waals surface area contributed by atoms with Gasteiger partial charge in [0, 0.05) is 19.7 Å². The van der Waals surface area contributed by atoms with Crippen LogP contribution in [0.2, 0.25) is 0 Å². The SMILES string of the molecule is CNC(=O)C1CCCN1Cc1ccc(NN)c([N+](=O)[O-])c1. The van der Waals surface area contributed by atoms with Gasteiger partial charge < -0.3 is 10.7 Å². The van der Waals surface area contributed by atoms with Crippen LogP contribution in [-0.2, 0) is 11.3 Å². The van der Waals surface area contributed by atoms with Gasteiger partial charge in [0.25, 0.3) is 5.69 Å². The molecule has 1 unspecified atom stereocenters. The average molecular weight is 293 g/mol. The summed E-state index contributed by atoms with van der Waals surface area (Å²) in [5, 5.41) is 13.7. The Morgan fingerprint density at radius 3 is 2.95 bits per heavy atom. The zero-order valence-electron chi connectivity index (χ0n) is 11.8. The van der Waals surface area contributed by atoms with Gasteiger partial charge in [-0.2, -0.15) is 0 Å². The molecule has 1 saturated heterocycles. The molecule has 2 rings (SSSR count). The van der Waals surface area contributed by atoms with Crippen LogP contribution in [0.1, 0.15) is 18.4 Å². The Balaban J connectivity index is 2.17. The molecule has 1 heterocycles. The van der Waals surface area contributed by atoms with E-state index in [1.54, 1.807) is 19.2 Å². The first-order chi connectivity index (χ1) is 10.1. The van der Waals surface area contributed by atoms with Gasteiger partial charge in [-0.15, -0.1) is 0 Å². The maximum atomic E-state index is 11.8. The van der Waals surface area contributed by atoms with Crippen LogP contribution < -0.4 is 16.6 Å². The van der Waals surface area contributed by atoms with Gasteiger partial charge in [-0.3, -0.25) is 25.7 Å². The highest BCUT2D eigenvalue weighted by Crippen LogP contribution is 2.27. The molecule has 0 saturated carbocycles. The van der Waals surface area contributed by atoms with E-state index in [-0.39, 0.29) is 23.3 Å². The number of hydrogen-bond donors (Lipinski definition) is 3. The Morgan fingerprint density at radius 2 is 2.33 bits per heavy atom. The van der Waals surface area contributed by atoms with Gasteiger partial charge in [-0.25, -0.2) is 0 Å². The first-order valence-corrected chi connectivity index (χ1v) is 6.76. The third-order valence-electron chi connectivity index (χ3n) is 3.71. The van der Waals surface area contributed by atoms with Crippen LogP contribution in [0.3, 0.4) is 0 Å². The number of rotatable bonds is 5. The maximum Gasteiger partial charge on any atom is 0.293 e. The number of nitrogens with zero attached hydrogens (tertiary/aromatic N) is 2. The molecule has 0 radical (unpaired) electrons. The Hall–Kier alpha value is -2.19. The number of nitro groups is 1. The van der Waals surface area contributed by atoms with Crippen molar-refractivity contribution < 1.29 is 9.72 Å². The number of amides is 1. The Morgan fingerprint density at radius 1 is 1.57 bits per heavy atom. The predicted octanol–water partition coefficient (Wildman–Crippen LogP) is 0.591. The number of anilines is 1. The molecule has 1 aliphatic heterocycles. The van der Waals surface area contributed by atoms with E-state index in [1.807, 2.05) is 4.90 Å². The summed E-state index contributed by atoms with van der Waals surface area (Å²) in [6.07, 6.45) is 1.76. The fourth-order valence-electron chi connectivity index (χ4n) is 2.66. The topological polar surface area (TPSA) is 114 Å². The van der Waals surface area contributed by atoms with Gasteiger partial charge in [0.05, 0.1) is 11.0 Å². The number of nitrogen functional groups attached to an aromatic ring is 1. The normalized spacial score (nSPS) is 18.5. The fraction of sp³-hybridized carbons (Fsp3) is 0.462. The molecule has 0 aromatic heterocycles. The van der Waals surface area contributed by atoms with Gasteiger partial charge in [-0.1, -0.05) is 6.07 Å². The largest absolute Gasteiger partial charge is 0.358 e. The lowest BCUT2D eigenvalue weighted by molar-refractivity contribution is -0.384. The maximum absolute atomic E-state index is 11.8. The van der Waals surface area contributed by atoms with E-state index in [0.29, 0.717) is 6.54 Å². The zero-order chi connectivity index (χ0) is 15.4. The van der Waals surface area contributed by atoms with Crippen molar-refractivity contribution in [3.63, 3.8) is 0 Å². The second-order valence-electron chi connectivity index (χ2n) is 5.00. The molecule has 0 spiro atoms. The number of likely N-dealkylation sites (tertiary alicyclic amines) is 1. The first-order valence-electron chi connectivity index (χ1n) is 6.76. The van der Waals surface area contributed by atoms with E-state index >= 15 is 0 Å². The number of hydrogen-bond acceptors (Lipinski definition) is 6. The second kappa shape index (κ2) is 6.51. The van der Waals surface area contributed by atoms with Crippen LogP contribution in [0.25, 0.3) is 0 Å². The van der Waals surface area contributed by atoms with Crippen LogP contribution in [0, 0.1) is 10.1 Å². The Labute approximate surface area is 122 Å². The number of nitrogens with one attached hydrogen (secondary N) is 2. The smallest absolute Gasteiger partial charge is 0.293 e. The third-order valence-corrected chi connectivity index (χ3v) is 3.71. The van der Waals surface area contributed by atoms with Gasteiger partial charge in [0.2, 0.25) is 5.91 Å². The molecule has 1 aromatic carbocycles. The molecule has 0 aliphatic carbocycles. The summed E-state index contributed by atoms with van der Waals surface area (Å²) in [5.74, 6) is 5.25. The molecule has 1 amide bonds. The minimum absolute atomic E-state index is 0.0118. The molecule has 1 atom stereocenters. The van der Waals surface area contributed by atoms with Crippen molar-refractivity contribution in [2.75, 3.05) is 19.0 Å². The van der Waals surface area contributed by atoms with Crippen molar-refractivity contribution in [2.45, 2.75) is 25.4 Å². The highest BCUT2D eigenvalue weighted by atomic mass is 16.6. The molecule has 8 heteroatoms. The average Bonchev–Trinajstić information content (AvgIpc) is 2.94. The molecular formula is C13H19N5O3. The summed E-state index contributed by atoms with van der Waals surface area (Å²) in [6.45, 7) is 1.31. The number of likely N-dealkylation sites (N-methyl/N-ethyl adjacent to an activating group) is 1. The third kappa shape index (κ3) is 3.29. The summed E-state index contributed by atoms with van der Waals surface area (Å²) >= 11 is 0. The van der Waals surface area contributed by atoms with Crippen LogP contribution in [0.5, 0.6) is 0 Å². The molecule has 1 fully saturated rings. The lowest BCUT2D eigenvalue weighted by Gasteiger charge is -2.23. The van der Waals surface area contributed by atoms with Crippen molar-refractivity contribution >= 4 is 17.3 Å². The van der Waals surface area contributed by atoms with Crippen LogP contribution in [0.4, 0.5) is 11.4 Å². The zero-order valence-corrected chi connectivity index (χ0v) is 11.8. The second-order valence-corrected chi connectivity index (χ2v) is 5.00. The van der Waals surface area contributed by atoms with E-state index in [0.717, 1.165) is 24.9 Å². The van der Waals surface area contributed by atoms with Crippen LogP contribution >= 0.6 is 0 Å². The van der Waals surface area contributed by atoms with E-state index in [1.165, 1.54) is 6.07 Å². The molecule has 114 valence electrons. The van der Waals surface area contributed by atoms with Crippen molar-refractivity contribution in [1.29, 1.82) is 0 Å². The van der Waals surface area contributed by atoms with E-state index in [2.05, 4.69) is 10.7 Å². The van der Waals surface area contributed by atoms with Gasteiger partial charge in [-0.05, 0) is 31.0 Å². The minimum atomic E-state index is -0.473. The predicted molar refractivity (Wildman–Crippen MR) is 78.4 cm³/mol. The van der Waals surface area contributed by atoms with Gasteiger partial charge >= 0.3 is 0 Å². The summed E-state index contributed by atoms with van der Waals surface area (Å²) in [7, 11) is 1.62. The van der Waals surface area contributed by atoms with Crippen molar-refractivity contribution in [3.8, 4) is 0 Å². The summed E-state index contributed by atoms with van der Waals surface area (Å²) in [5.41, 5.74) is 3.31. The van der Waals surface area contributed by atoms with E-state index < -0.39 is 4.92 Å². The number of carbonyl (C=O) groups excluding carboxylic acids is 1. The number of carbonyl (C=O) groups is 1. The van der Waals surface area contributed by atoms with Crippen LogP contribution in [-0.4, -0.2) is 35.4 Å². The summed E-state index contributed by atoms with van der Waals surface area (Å²) in [6, 6.07) is 4.69. The van der Waals surface area contributed by atoms with Crippen molar-refractivity contribution in [2.24, 2.45) is 5.84 Å². The monoisotopic (exact) mass is 293 g/mol. The molecule has 0 bridgehead atoms. The summed E-state index contributed by atoms with van der Waals surface area (Å²) < 4.78 is 0. The minimum Gasteiger partial charge on any atom is -0.358 e. The number of benzene rings is 1. The number of nitro benzene ring substituents is 1.